The lowest BCUT2D eigenvalue weighted by atomic mass is 9.88. The Kier molecular flexibility index (Phi) is 5.54. The number of carbonyl (C=O) groups is 1. The zero-order chi connectivity index (χ0) is 20.5. The third-order valence-electron chi connectivity index (χ3n) is 5.00. The Balaban J connectivity index is 1.76. The maximum absolute atomic E-state index is 12.2. The van der Waals surface area contributed by atoms with Crippen molar-refractivity contribution < 1.29 is 9.53 Å². The van der Waals surface area contributed by atoms with Gasteiger partial charge >= 0.3 is 6.09 Å². The minimum atomic E-state index is -0.365. The summed E-state index contributed by atoms with van der Waals surface area (Å²) < 4.78 is 5.22. The summed E-state index contributed by atoms with van der Waals surface area (Å²) in [7, 11) is 0. The number of nitrogens with zero attached hydrogens (tertiary/aromatic N) is 4. The number of ether oxygens (including phenoxy) is 1. The van der Waals surface area contributed by atoms with Crippen molar-refractivity contribution in [3.05, 3.63) is 41.9 Å². The quantitative estimate of drug-likeness (QED) is 0.828. The second kappa shape index (κ2) is 7.73. The van der Waals surface area contributed by atoms with Gasteiger partial charge in [-0.05, 0) is 36.0 Å². The third kappa shape index (κ3) is 4.24. The molecule has 2 aromatic rings. The van der Waals surface area contributed by atoms with Crippen LogP contribution in [0.4, 0.5) is 16.6 Å². The molecule has 0 radical (unpaired) electrons. The van der Waals surface area contributed by atoms with Crippen LogP contribution in [-0.4, -0.2) is 33.7 Å². The maximum atomic E-state index is 12.2. The number of amides is 1. The van der Waals surface area contributed by atoms with Crippen LogP contribution in [0.2, 0.25) is 0 Å². The van der Waals surface area contributed by atoms with Crippen molar-refractivity contribution in [2.75, 3.05) is 16.8 Å². The lowest BCUT2D eigenvalue weighted by molar-refractivity contribution is 0.177. The van der Waals surface area contributed by atoms with E-state index in [9.17, 15) is 4.79 Å². The molecular weight excluding hydrogens is 354 g/mol. The van der Waals surface area contributed by atoms with Crippen LogP contribution in [0.1, 0.15) is 58.8 Å². The SMILES string of the molecule is CC(C)[C@H]1COC(=O)N1c1ccnc(N[C@@H](C)c2ccc(C(C)(C)C)cn2)n1. The minimum Gasteiger partial charge on any atom is -0.447 e. The summed E-state index contributed by atoms with van der Waals surface area (Å²) in [5.74, 6) is 1.26. The molecule has 7 heteroatoms. The standard InChI is InChI=1S/C21H29N5O2/c1-13(2)17-12-28-20(27)26(17)18-9-10-22-19(25-18)24-14(3)16-8-7-15(11-23-16)21(4,5)6/h7-11,13-14,17H,12H2,1-6H3,(H,22,24,25)/t14-,17+/m0/s1. The van der Waals surface area contributed by atoms with Gasteiger partial charge in [-0.2, -0.15) is 4.98 Å². The zero-order valence-electron chi connectivity index (χ0n) is 17.4. The van der Waals surface area contributed by atoms with Gasteiger partial charge in [-0.1, -0.05) is 40.7 Å². The van der Waals surface area contributed by atoms with Crippen molar-refractivity contribution in [1.82, 2.24) is 15.0 Å². The topological polar surface area (TPSA) is 80.2 Å². The van der Waals surface area contributed by atoms with Gasteiger partial charge in [0.25, 0.3) is 0 Å². The number of pyridine rings is 1. The number of hydrogen-bond acceptors (Lipinski definition) is 6. The first kappa shape index (κ1) is 20.0. The molecule has 1 aliphatic rings. The van der Waals surface area contributed by atoms with Gasteiger partial charge in [-0.3, -0.25) is 9.88 Å². The molecule has 1 fully saturated rings. The van der Waals surface area contributed by atoms with Gasteiger partial charge in [0.1, 0.15) is 12.4 Å². The molecule has 3 heterocycles. The average Bonchev–Trinajstić information content (AvgIpc) is 3.03. The molecule has 1 aliphatic heterocycles. The molecule has 1 saturated heterocycles. The highest BCUT2D eigenvalue weighted by Gasteiger charge is 2.37. The molecule has 0 unspecified atom stereocenters. The highest BCUT2D eigenvalue weighted by atomic mass is 16.6. The van der Waals surface area contributed by atoms with Crippen molar-refractivity contribution in [2.45, 2.75) is 59.0 Å². The van der Waals surface area contributed by atoms with Gasteiger partial charge in [0.15, 0.2) is 0 Å². The van der Waals surface area contributed by atoms with Crippen molar-refractivity contribution in [3.8, 4) is 0 Å². The molecule has 150 valence electrons. The third-order valence-corrected chi connectivity index (χ3v) is 5.00. The zero-order valence-corrected chi connectivity index (χ0v) is 17.4. The lowest BCUT2D eigenvalue weighted by Crippen LogP contribution is -2.37. The van der Waals surface area contributed by atoms with Crippen LogP contribution in [0.5, 0.6) is 0 Å². The highest BCUT2D eigenvalue weighted by Crippen LogP contribution is 2.27. The van der Waals surface area contributed by atoms with Gasteiger partial charge in [-0.15, -0.1) is 0 Å². The first-order valence-electron chi connectivity index (χ1n) is 9.69. The molecule has 28 heavy (non-hydrogen) atoms. The van der Waals surface area contributed by atoms with Crippen LogP contribution in [-0.2, 0) is 10.2 Å². The fraction of sp³-hybridized carbons (Fsp3) is 0.524. The van der Waals surface area contributed by atoms with Crippen molar-refractivity contribution in [3.63, 3.8) is 0 Å². The van der Waals surface area contributed by atoms with E-state index in [-0.39, 0.29) is 29.5 Å². The van der Waals surface area contributed by atoms with E-state index in [0.717, 1.165) is 5.69 Å². The Morgan fingerprint density at radius 2 is 1.93 bits per heavy atom. The Morgan fingerprint density at radius 1 is 1.18 bits per heavy atom. The van der Waals surface area contributed by atoms with E-state index < -0.39 is 0 Å². The summed E-state index contributed by atoms with van der Waals surface area (Å²) in [6, 6.07) is 5.75. The summed E-state index contributed by atoms with van der Waals surface area (Å²) in [6.45, 7) is 13.0. The largest absolute Gasteiger partial charge is 0.447 e. The number of aromatic nitrogens is 3. The first-order chi connectivity index (χ1) is 13.2. The summed E-state index contributed by atoms with van der Waals surface area (Å²) in [5, 5.41) is 3.28. The van der Waals surface area contributed by atoms with Crippen LogP contribution in [0.15, 0.2) is 30.6 Å². The smallest absolute Gasteiger partial charge is 0.415 e. The van der Waals surface area contributed by atoms with E-state index in [4.69, 9.17) is 4.74 Å². The molecular formula is C21H29N5O2. The molecule has 3 rings (SSSR count). The van der Waals surface area contributed by atoms with E-state index in [0.29, 0.717) is 18.4 Å². The first-order valence-corrected chi connectivity index (χ1v) is 9.69. The van der Waals surface area contributed by atoms with E-state index in [2.05, 4.69) is 61.0 Å². The number of anilines is 2. The molecule has 2 aromatic heterocycles. The normalized spacial score (nSPS) is 18.3. The van der Waals surface area contributed by atoms with E-state index in [1.165, 1.54) is 5.56 Å². The number of carbonyl (C=O) groups excluding carboxylic acids is 1. The fourth-order valence-corrected chi connectivity index (χ4v) is 3.12. The van der Waals surface area contributed by atoms with E-state index in [1.807, 2.05) is 19.2 Å². The molecule has 7 nitrogen and oxygen atoms in total. The predicted octanol–water partition coefficient (Wildman–Crippen LogP) is 4.32. The minimum absolute atomic E-state index is 0.0284. The highest BCUT2D eigenvalue weighted by molar-refractivity contribution is 5.89. The molecule has 0 saturated carbocycles. The van der Waals surface area contributed by atoms with Crippen molar-refractivity contribution in [2.24, 2.45) is 5.92 Å². The molecule has 0 aliphatic carbocycles. The van der Waals surface area contributed by atoms with Crippen molar-refractivity contribution in [1.29, 1.82) is 0 Å². The summed E-state index contributed by atoms with van der Waals surface area (Å²) in [5.41, 5.74) is 2.16. The number of cyclic esters (lactones) is 1. The van der Waals surface area contributed by atoms with Crippen molar-refractivity contribution >= 4 is 17.9 Å². The molecule has 2 atom stereocenters. The maximum Gasteiger partial charge on any atom is 0.415 e. The van der Waals surface area contributed by atoms with Crippen LogP contribution in [0.25, 0.3) is 0 Å². The van der Waals surface area contributed by atoms with Crippen LogP contribution in [0, 0.1) is 5.92 Å². The van der Waals surface area contributed by atoms with Crippen LogP contribution < -0.4 is 10.2 Å². The number of hydrogen-bond donors (Lipinski definition) is 1. The molecule has 0 spiro atoms. The Bertz CT molecular complexity index is 829. The fourth-order valence-electron chi connectivity index (χ4n) is 3.12. The lowest BCUT2D eigenvalue weighted by Gasteiger charge is -2.24. The molecule has 1 N–H and O–H groups in total. The second-order valence-corrected chi connectivity index (χ2v) is 8.58. The Morgan fingerprint density at radius 3 is 2.54 bits per heavy atom. The molecule has 1 amide bonds. The van der Waals surface area contributed by atoms with Crippen LogP contribution >= 0.6 is 0 Å². The Labute approximate surface area is 166 Å². The number of rotatable bonds is 5. The van der Waals surface area contributed by atoms with Gasteiger partial charge in [-0.25, -0.2) is 9.78 Å². The predicted molar refractivity (Wildman–Crippen MR) is 109 cm³/mol. The van der Waals surface area contributed by atoms with Gasteiger partial charge in [0.2, 0.25) is 5.95 Å². The van der Waals surface area contributed by atoms with E-state index in [1.54, 1.807) is 17.2 Å². The van der Waals surface area contributed by atoms with Crippen LogP contribution in [0.3, 0.4) is 0 Å². The Hall–Kier alpha value is -2.70. The average molecular weight is 383 g/mol. The van der Waals surface area contributed by atoms with Gasteiger partial charge in [0, 0.05) is 12.4 Å². The van der Waals surface area contributed by atoms with E-state index >= 15 is 0 Å². The van der Waals surface area contributed by atoms with Gasteiger partial charge in [0.05, 0.1) is 17.8 Å². The summed E-state index contributed by atoms with van der Waals surface area (Å²) >= 11 is 0. The molecule has 0 bridgehead atoms. The number of nitrogens with one attached hydrogen (secondary N) is 1. The molecule has 0 aromatic carbocycles. The summed E-state index contributed by atoms with van der Waals surface area (Å²) in [4.78, 5) is 27.2. The summed E-state index contributed by atoms with van der Waals surface area (Å²) in [6.07, 6.45) is 3.20. The van der Waals surface area contributed by atoms with Gasteiger partial charge < -0.3 is 10.1 Å². The monoisotopic (exact) mass is 383 g/mol. The second-order valence-electron chi connectivity index (χ2n) is 8.58.